The van der Waals surface area contributed by atoms with E-state index >= 15 is 0 Å². The molecule has 0 atom stereocenters. The predicted molar refractivity (Wildman–Crippen MR) is 27.7 cm³/mol. The third-order valence-corrected chi connectivity index (χ3v) is 0.461. The van der Waals surface area contributed by atoms with Crippen LogP contribution in [0.25, 0.3) is 0 Å². The second-order valence-corrected chi connectivity index (χ2v) is 1.07. The number of amides is 1. The largest absolute Gasteiger partial charge is 0.477 e. The lowest BCUT2D eigenvalue weighted by Gasteiger charge is -1.89. The average molecular weight is 114 g/mol. The molecular weight excluding hydrogens is 109 g/mol. The standard InChI is InChI=1S/C3H5BNO3/c1-8-3(7)4-2(5)6/h1H3,(H2,5,6). The van der Waals surface area contributed by atoms with Crippen molar-refractivity contribution in [2.75, 3.05) is 7.11 Å². The maximum Gasteiger partial charge on any atom is 0.377 e. The van der Waals surface area contributed by atoms with Crippen molar-refractivity contribution in [2.24, 2.45) is 5.73 Å². The topological polar surface area (TPSA) is 69.4 Å². The number of primary amides is 1. The van der Waals surface area contributed by atoms with Crippen molar-refractivity contribution < 1.29 is 14.3 Å². The van der Waals surface area contributed by atoms with Crippen LogP contribution in [0.1, 0.15) is 0 Å². The molecule has 0 spiro atoms. The fourth-order valence-corrected chi connectivity index (χ4v) is 0.175. The van der Waals surface area contributed by atoms with Gasteiger partial charge in [-0.1, -0.05) is 0 Å². The molecule has 0 aromatic rings. The van der Waals surface area contributed by atoms with Gasteiger partial charge in [-0.05, 0) is 0 Å². The van der Waals surface area contributed by atoms with Crippen LogP contribution in [-0.4, -0.2) is 26.1 Å². The molecule has 43 valence electrons. The van der Waals surface area contributed by atoms with Crippen LogP contribution in [0.2, 0.25) is 0 Å². The van der Waals surface area contributed by atoms with Crippen molar-refractivity contribution in [2.45, 2.75) is 0 Å². The van der Waals surface area contributed by atoms with Gasteiger partial charge in [0.05, 0.1) is 7.11 Å². The first-order valence-electron chi connectivity index (χ1n) is 1.89. The Morgan fingerprint density at radius 3 is 2.25 bits per heavy atom. The van der Waals surface area contributed by atoms with E-state index in [2.05, 4.69) is 10.5 Å². The Labute approximate surface area is 47.2 Å². The summed E-state index contributed by atoms with van der Waals surface area (Å²) in [6, 6.07) is 0. The summed E-state index contributed by atoms with van der Waals surface area (Å²) < 4.78 is 4.07. The number of hydrogen-bond acceptors (Lipinski definition) is 3. The van der Waals surface area contributed by atoms with Crippen molar-refractivity contribution in [3.8, 4) is 0 Å². The molecule has 0 heterocycles. The lowest BCUT2D eigenvalue weighted by Crippen LogP contribution is -2.25. The lowest BCUT2D eigenvalue weighted by atomic mass is 9.78. The SMILES string of the molecule is COC(=O)[B]C(N)=O. The van der Waals surface area contributed by atoms with Crippen molar-refractivity contribution >= 4 is 19.0 Å². The molecule has 0 unspecified atom stereocenters. The number of hydrogen-bond donors (Lipinski definition) is 1. The Hall–Kier alpha value is -0.995. The highest BCUT2D eigenvalue weighted by Crippen LogP contribution is 1.72. The van der Waals surface area contributed by atoms with Gasteiger partial charge in [0, 0.05) is 0 Å². The molecule has 2 N–H and O–H groups in total. The number of ether oxygens (including phenoxy) is 1. The predicted octanol–water partition coefficient (Wildman–Crippen LogP) is -0.464. The van der Waals surface area contributed by atoms with Gasteiger partial charge in [0.15, 0.2) is 5.81 Å². The fourth-order valence-electron chi connectivity index (χ4n) is 0.175. The zero-order chi connectivity index (χ0) is 6.57. The number of carbonyl (C=O) groups is 2. The molecule has 0 aliphatic carbocycles. The monoisotopic (exact) mass is 114 g/mol. The van der Waals surface area contributed by atoms with Crippen molar-refractivity contribution in [1.29, 1.82) is 0 Å². The number of carbonyl (C=O) groups excluding carboxylic acids is 2. The third kappa shape index (κ3) is 3.20. The molecule has 0 aliphatic rings. The molecule has 0 bridgehead atoms. The Balaban J connectivity index is 3.40. The first-order chi connectivity index (χ1) is 3.66. The van der Waals surface area contributed by atoms with Gasteiger partial charge in [0.1, 0.15) is 0 Å². The highest BCUT2D eigenvalue weighted by Gasteiger charge is 2.07. The minimum absolute atomic E-state index is 0.667. The number of nitrogens with two attached hydrogens (primary N) is 1. The maximum absolute atomic E-state index is 10.0. The Morgan fingerprint density at radius 2 is 2.12 bits per heavy atom. The smallest absolute Gasteiger partial charge is 0.377 e. The summed E-state index contributed by atoms with van der Waals surface area (Å²) in [5.74, 6) is -1.52. The van der Waals surface area contributed by atoms with Crippen LogP contribution in [0.5, 0.6) is 0 Å². The van der Waals surface area contributed by atoms with E-state index in [4.69, 9.17) is 0 Å². The van der Waals surface area contributed by atoms with Crippen molar-refractivity contribution in [1.82, 2.24) is 0 Å². The molecule has 0 aliphatic heterocycles. The zero-order valence-electron chi connectivity index (χ0n) is 4.38. The second-order valence-electron chi connectivity index (χ2n) is 1.07. The van der Waals surface area contributed by atoms with Gasteiger partial charge in [0.2, 0.25) is 0 Å². The summed E-state index contributed by atoms with van der Waals surface area (Å²) in [5, 5.41) is 0. The molecule has 0 aromatic heterocycles. The fraction of sp³-hybridized carbons (Fsp3) is 0.333. The summed E-state index contributed by atoms with van der Waals surface area (Å²) in [4.78, 5) is 19.9. The van der Waals surface area contributed by atoms with E-state index < -0.39 is 11.7 Å². The van der Waals surface area contributed by atoms with Crippen LogP contribution in [0, 0.1) is 0 Å². The maximum atomic E-state index is 10.0. The van der Waals surface area contributed by atoms with E-state index in [9.17, 15) is 9.59 Å². The number of rotatable bonds is 2. The molecule has 5 heteroatoms. The summed E-state index contributed by atoms with van der Waals surface area (Å²) in [6.45, 7) is 0. The first kappa shape index (κ1) is 7.00. The van der Waals surface area contributed by atoms with Crippen LogP contribution in [0.3, 0.4) is 0 Å². The Bertz CT molecular complexity index is 113. The summed E-state index contributed by atoms with van der Waals surface area (Å²) in [7, 11) is 1.84. The Kier molecular flexibility index (Phi) is 2.68. The van der Waals surface area contributed by atoms with Crippen LogP contribution < -0.4 is 5.73 Å². The molecule has 4 nitrogen and oxygen atoms in total. The van der Waals surface area contributed by atoms with Gasteiger partial charge < -0.3 is 10.5 Å². The molecule has 1 amide bonds. The van der Waals surface area contributed by atoms with E-state index in [1.165, 1.54) is 7.11 Å². The summed E-state index contributed by atoms with van der Waals surface area (Å²) >= 11 is 0. The molecule has 0 aromatic carbocycles. The molecule has 0 fully saturated rings. The minimum atomic E-state index is -0.795. The lowest BCUT2D eigenvalue weighted by molar-refractivity contribution is 0.197. The minimum Gasteiger partial charge on any atom is -0.477 e. The highest BCUT2D eigenvalue weighted by molar-refractivity contribution is 6.95. The summed E-state index contributed by atoms with van der Waals surface area (Å²) in [6.07, 6.45) is 0. The van der Waals surface area contributed by atoms with E-state index in [-0.39, 0.29) is 0 Å². The number of methoxy groups -OCH3 is 1. The molecule has 8 heavy (non-hydrogen) atoms. The average Bonchev–Trinajstić information content (AvgIpc) is 1.65. The molecule has 0 saturated heterocycles. The van der Waals surface area contributed by atoms with Gasteiger partial charge in [-0.2, -0.15) is 0 Å². The highest BCUT2D eigenvalue weighted by atomic mass is 16.5. The quantitative estimate of drug-likeness (QED) is 0.493. The third-order valence-electron chi connectivity index (χ3n) is 0.461. The van der Waals surface area contributed by atoms with Crippen LogP contribution >= 0.6 is 0 Å². The van der Waals surface area contributed by atoms with Crippen LogP contribution in [0.15, 0.2) is 0 Å². The summed E-state index contributed by atoms with van der Waals surface area (Å²) in [5.41, 5.74) is 4.57. The second kappa shape index (κ2) is 3.07. The molecule has 0 saturated carbocycles. The molecular formula is C3H5BNO3. The zero-order valence-corrected chi connectivity index (χ0v) is 4.38. The molecule has 0 rings (SSSR count). The Morgan fingerprint density at radius 1 is 1.62 bits per heavy atom. The van der Waals surface area contributed by atoms with E-state index in [1.54, 1.807) is 0 Å². The molecule has 1 radical (unpaired) electrons. The van der Waals surface area contributed by atoms with Crippen LogP contribution in [0.4, 0.5) is 9.59 Å². The first-order valence-corrected chi connectivity index (χ1v) is 1.89. The van der Waals surface area contributed by atoms with Gasteiger partial charge in [-0.3, -0.25) is 9.59 Å². The van der Waals surface area contributed by atoms with Crippen molar-refractivity contribution in [3.63, 3.8) is 0 Å². The van der Waals surface area contributed by atoms with Gasteiger partial charge >= 0.3 is 7.28 Å². The van der Waals surface area contributed by atoms with E-state index in [0.717, 1.165) is 0 Å². The van der Waals surface area contributed by atoms with E-state index in [1.807, 2.05) is 0 Å². The van der Waals surface area contributed by atoms with Gasteiger partial charge in [-0.15, -0.1) is 0 Å². The van der Waals surface area contributed by atoms with Gasteiger partial charge in [0.25, 0.3) is 5.87 Å². The normalized spacial score (nSPS) is 7.62. The van der Waals surface area contributed by atoms with Crippen LogP contribution in [-0.2, 0) is 4.74 Å². The van der Waals surface area contributed by atoms with Gasteiger partial charge in [-0.25, -0.2) is 0 Å². The van der Waals surface area contributed by atoms with E-state index in [0.29, 0.717) is 7.28 Å². The van der Waals surface area contributed by atoms with Crippen molar-refractivity contribution in [3.05, 3.63) is 0 Å².